The third kappa shape index (κ3) is 3.14. The fourth-order valence-electron chi connectivity index (χ4n) is 0.937. The molecule has 0 radical (unpaired) electrons. The molecule has 72 valence electrons. The quantitative estimate of drug-likeness (QED) is 0.688. The van der Waals surface area contributed by atoms with Gasteiger partial charge in [-0.2, -0.15) is 5.10 Å². The SMILES string of the molecule is CCC(=O)NCCn1cc(N)cn1. The average Bonchev–Trinajstić information content (AvgIpc) is 2.51. The first-order chi connectivity index (χ1) is 6.22. The van der Waals surface area contributed by atoms with Crippen molar-refractivity contribution in [2.45, 2.75) is 19.9 Å². The van der Waals surface area contributed by atoms with Crippen LogP contribution < -0.4 is 11.1 Å². The van der Waals surface area contributed by atoms with E-state index in [2.05, 4.69) is 10.4 Å². The molecule has 1 heterocycles. The highest BCUT2D eigenvalue weighted by atomic mass is 16.1. The number of nitrogens with zero attached hydrogens (tertiary/aromatic N) is 2. The van der Waals surface area contributed by atoms with Crippen molar-refractivity contribution in [1.29, 1.82) is 0 Å². The second-order valence-electron chi connectivity index (χ2n) is 2.74. The zero-order valence-corrected chi connectivity index (χ0v) is 7.66. The van der Waals surface area contributed by atoms with Crippen molar-refractivity contribution in [3.05, 3.63) is 12.4 Å². The Kier molecular flexibility index (Phi) is 3.31. The van der Waals surface area contributed by atoms with Gasteiger partial charge in [0.2, 0.25) is 5.91 Å². The van der Waals surface area contributed by atoms with Gasteiger partial charge in [0.05, 0.1) is 18.4 Å². The third-order valence-electron chi connectivity index (χ3n) is 1.64. The molecule has 0 fully saturated rings. The minimum absolute atomic E-state index is 0.0557. The number of nitrogens with one attached hydrogen (secondary N) is 1. The molecule has 0 saturated heterocycles. The molecule has 0 atom stereocenters. The number of carbonyl (C=O) groups excluding carboxylic acids is 1. The molecule has 13 heavy (non-hydrogen) atoms. The summed E-state index contributed by atoms with van der Waals surface area (Å²) in [5.41, 5.74) is 6.11. The van der Waals surface area contributed by atoms with Crippen LogP contribution in [0.25, 0.3) is 0 Å². The number of carbonyl (C=O) groups is 1. The number of anilines is 1. The van der Waals surface area contributed by atoms with Gasteiger partial charge < -0.3 is 11.1 Å². The van der Waals surface area contributed by atoms with E-state index >= 15 is 0 Å². The minimum atomic E-state index is 0.0557. The van der Waals surface area contributed by atoms with Crippen LogP contribution in [-0.2, 0) is 11.3 Å². The fourth-order valence-corrected chi connectivity index (χ4v) is 0.937. The Morgan fingerprint density at radius 3 is 3.08 bits per heavy atom. The van der Waals surface area contributed by atoms with Crippen LogP contribution in [0.2, 0.25) is 0 Å². The minimum Gasteiger partial charge on any atom is -0.396 e. The molecule has 0 aliphatic heterocycles. The average molecular weight is 182 g/mol. The van der Waals surface area contributed by atoms with Crippen molar-refractivity contribution in [3.8, 4) is 0 Å². The van der Waals surface area contributed by atoms with Crippen molar-refractivity contribution in [3.63, 3.8) is 0 Å². The van der Waals surface area contributed by atoms with Crippen molar-refractivity contribution in [1.82, 2.24) is 15.1 Å². The van der Waals surface area contributed by atoms with Gasteiger partial charge in [0.15, 0.2) is 0 Å². The highest BCUT2D eigenvalue weighted by Crippen LogP contribution is 1.96. The molecule has 5 nitrogen and oxygen atoms in total. The van der Waals surface area contributed by atoms with Crippen molar-refractivity contribution >= 4 is 11.6 Å². The van der Waals surface area contributed by atoms with Crippen molar-refractivity contribution < 1.29 is 4.79 Å². The molecule has 0 aliphatic carbocycles. The third-order valence-corrected chi connectivity index (χ3v) is 1.64. The first kappa shape index (κ1) is 9.57. The summed E-state index contributed by atoms with van der Waals surface area (Å²) in [4.78, 5) is 10.8. The Hall–Kier alpha value is -1.52. The summed E-state index contributed by atoms with van der Waals surface area (Å²) in [5.74, 6) is 0.0557. The van der Waals surface area contributed by atoms with Crippen LogP contribution in [-0.4, -0.2) is 22.2 Å². The molecule has 5 heteroatoms. The van der Waals surface area contributed by atoms with Crippen molar-refractivity contribution in [2.75, 3.05) is 12.3 Å². The van der Waals surface area contributed by atoms with Gasteiger partial charge in [-0.15, -0.1) is 0 Å². The van der Waals surface area contributed by atoms with Crippen LogP contribution in [0, 0.1) is 0 Å². The lowest BCUT2D eigenvalue weighted by Crippen LogP contribution is -2.26. The van der Waals surface area contributed by atoms with Gasteiger partial charge in [0.25, 0.3) is 0 Å². The maximum Gasteiger partial charge on any atom is 0.219 e. The predicted molar refractivity (Wildman–Crippen MR) is 49.9 cm³/mol. The lowest BCUT2D eigenvalue weighted by molar-refractivity contribution is -0.120. The molecular formula is C8H14N4O. The number of rotatable bonds is 4. The van der Waals surface area contributed by atoms with E-state index in [1.165, 1.54) is 0 Å². The maximum atomic E-state index is 10.8. The molecule has 0 spiro atoms. The molecule has 1 rings (SSSR count). The van der Waals surface area contributed by atoms with Gasteiger partial charge in [-0.3, -0.25) is 9.48 Å². The molecule has 0 unspecified atom stereocenters. The molecule has 1 aromatic rings. The summed E-state index contributed by atoms with van der Waals surface area (Å²) in [6.45, 7) is 3.07. The summed E-state index contributed by atoms with van der Waals surface area (Å²) < 4.78 is 1.70. The first-order valence-corrected chi connectivity index (χ1v) is 4.27. The van der Waals surface area contributed by atoms with E-state index in [1.54, 1.807) is 17.1 Å². The van der Waals surface area contributed by atoms with E-state index in [1.807, 2.05) is 6.92 Å². The summed E-state index contributed by atoms with van der Waals surface area (Å²) in [7, 11) is 0. The topological polar surface area (TPSA) is 72.9 Å². The number of aromatic nitrogens is 2. The molecule has 0 saturated carbocycles. The van der Waals surface area contributed by atoms with E-state index < -0.39 is 0 Å². The molecule has 0 aromatic carbocycles. The van der Waals surface area contributed by atoms with Crippen LogP contribution >= 0.6 is 0 Å². The normalized spacial score (nSPS) is 9.92. The van der Waals surface area contributed by atoms with E-state index in [9.17, 15) is 4.79 Å². The second kappa shape index (κ2) is 4.49. The van der Waals surface area contributed by atoms with E-state index in [0.29, 0.717) is 25.2 Å². The zero-order valence-electron chi connectivity index (χ0n) is 7.66. The van der Waals surface area contributed by atoms with Gasteiger partial charge in [0.1, 0.15) is 0 Å². The maximum absolute atomic E-state index is 10.8. The fraction of sp³-hybridized carbons (Fsp3) is 0.500. The van der Waals surface area contributed by atoms with Gasteiger partial charge in [-0.1, -0.05) is 6.92 Å². The van der Waals surface area contributed by atoms with Gasteiger partial charge >= 0.3 is 0 Å². The molecule has 1 amide bonds. The summed E-state index contributed by atoms with van der Waals surface area (Å²) >= 11 is 0. The largest absolute Gasteiger partial charge is 0.396 e. The number of hydrogen-bond acceptors (Lipinski definition) is 3. The Bertz CT molecular complexity index is 281. The Balaban J connectivity index is 2.24. The van der Waals surface area contributed by atoms with Crippen LogP contribution in [0.5, 0.6) is 0 Å². The zero-order chi connectivity index (χ0) is 9.68. The summed E-state index contributed by atoms with van der Waals surface area (Å²) in [6, 6.07) is 0. The molecule has 3 N–H and O–H groups in total. The van der Waals surface area contributed by atoms with E-state index in [-0.39, 0.29) is 5.91 Å². The van der Waals surface area contributed by atoms with Gasteiger partial charge in [-0.25, -0.2) is 0 Å². The van der Waals surface area contributed by atoms with Crippen LogP contribution in [0.15, 0.2) is 12.4 Å². The van der Waals surface area contributed by atoms with Crippen LogP contribution in [0.1, 0.15) is 13.3 Å². The smallest absolute Gasteiger partial charge is 0.219 e. The van der Waals surface area contributed by atoms with Gasteiger partial charge in [-0.05, 0) is 0 Å². The second-order valence-corrected chi connectivity index (χ2v) is 2.74. The highest BCUT2D eigenvalue weighted by molar-refractivity contribution is 5.75. The lowest BCUT2D eigenvalue weighted by Gasteiger charge is -2.02. The van der Waals surface area contributed by atoms with Crippen LogP contribution in [0.3, 0.4) is 0 Å². The number of nitrogens with two attached hydrogens (primary N) is 1. The highest BCUT2D eigenvalue weighted by Gasteiger charge is 1.96. The standard InChI is InChI=1S/C8H14N4O/c1-2-8(13)10-3-4-12-6-7(9)5-11-12/h5-6H,2-4,9H2,1H3,(H,10,13). The lowest BCUT2D eigenvalue weighted by atomic mass is 10.4. The number of hydrogen-bond donors (Lipinski definition) is 2. The van der Waals surface area contributed by atoms with Gasteiger partial charge in [0, 0.05) is 19.2 Å². The van der Waals surface area contributed by atoms with E-state index in [0.717, 1.165) is 0 Å². The summed E-state index contributed by atoms with van der Waals surface area (Å²) in [6.07, 6.45) is 3.83. The van der Waals surface area contributed by atoms with Crippen molar-refractivity contribution in [2.24, 2.45) is 0 Å². The Labute approximate surface area is 76.9 Å². The Morgan fingerprint density at radius 1 is 1.77 bits per heavy atom. The number of amides is 1. The monoisotopic (exact) mass is 182 g/mol. The Morgan fingerprint density at radius 2 is 2.54 bits per heavy atom. The molecule has 0 bridgehead atoms. The molecule has 1 aromatic heterocycles. The molecule has 0 aliphatic rings. The predicted octanol–water partition coefficient (Wildman–Crippen LogP) is -0.00850. The van der Waals surface area contributed by atoms with E-state index in [4.69, 9.17) is 5.73 Å². The molecular weight excluding hydrogens is 168 g/mol. The summed E-state index contributed by atoms with van der Waals surface area (Å²) in [5, 5.41) is 6.73. The number of nitrogen functional groups attached to an aromatic ring is 1. The van der Waals surface area contributed by atoms with Crippen LogP contribution in [0.4, 0.5) is 5.69 Å². The first-order valence-electron chi connectivity index (χ1n) is 4.27.